The summed E-state index contributed by atoms with van der Waals surface area (Å²) in [4.78, 5) is 15.7. The summed E-state index contributed by atoms with van der Waals surface area (Å²) in [5, 5.41) is 4.21. The van der Waals surface area contributed by atoms with E-state index in [9.17, 15) is 4.79 Å². The largest absolute Gasteiger partial charge is 0.493 e. The van der Waals surface area contributed by atoms with Crippen LogP contribution in [-0.4, -0.2) is 31.4 Å². The number of rotatable bonds is 7. The van der Waals surface area contributed by atoms with Gasteiger partial charge in [0.25, 0.3) is 0 Å². The number of hydrogen-bond donors (Lipinski definition) is 1. The van der Waals surface area contributed by atoms with Crippen LogP contribution in [0.15, 0.2) is 72.0 Å². The van der Waals surface area contributed by atoms with E-state index in [2.05, 4.69) is 15.5 Å². The van der Waals surface area contributed by atoms with E-state index in [4.69, 9.17) is 14.2 Å². The first-order chi connectivity index (χ1) is 13.7. The molecule has 0 fully saturated rings. The number of benzene rings is 2. The molecule has 0 radical (unpaired) electrons. The molecule has 2 aromatic carbocycles. The highest BCUT2D eigenvalue weighted by atomic mass is 16.5. The van der Waals surface area contributed by atoms with Crippen LogP contribution >= 0.6 is 0 Å². The van der Waals surface area contributed by atoms with Gasteiger partial charge >= 0.3 is 5.97 Å². The summed E-state index contributed by atoms with van der Waals surface area (Å²) < 4.78 is 15.9. The second-order valence-electron chi connectivity index (χ2n) is 5.62. The molecule has 3 aromatic rings. The molecule has 0 atom stereocenters. The van der Waals surface area contributed by atoms with Gasteiger partial charge in [0.2, 0.25) is 5.88 Å². The maximum absolute atomic E-state index is 11.6. The van der Waals surface area contributed by atoms with Gasteiger partial charge in [-0.2, -0.15) is 5.10 Å². The van der Waals surface area contributed by atoms with Gasteiger partial charge in [-0.25, -0.2) is 9.78 Å². The van der Waals surface area contributed by atoms with Crippen molar-refractivity contribution in [2.75, 3.05) is 19.6 Å². The van der Waals surface area contributed by atoms with Crippen molar-refractivity contribution >= 4 is 17.9 Å². The maximum Gasteiger partial charge on any atom is 0.338 e. The number of nitrogens with zero attached hydrogens (tertiary/aromatic N) is 2. The van der Waals surface area contributed by atoms with E-state index in [0.29, 0.717) is 17.1 Å². The van der Waals surface area contributed by atoms with Crippen LogP contribution in [0.25, 0.3) is 0 Å². The first-order valence-corrected chi connectivity index (χ1v) is 8.44. The number of pyridine rings is 1. The molecule has 1 N–H and O–H groups in total. The summed E-state index contributed by atoms with van der Waals surface area (Å²) in [6.45, 7) is 0. The number of carbonyl (C=O) groups excluding carboxylic acids is 1. The molecule has 0 bridgehead atoms. The van der Waals surface area contributed by atoms with Crippen LogP contribution in [-0.2, 0) is 4.74 Å². The Morgan fingerprint density at radius 3 is 2.61 bits per heavy atom. The minimum Gasteiger partial charge on any atom is -0.493 e. The van der Waals surface area contributed by atoms with Gasteiger partial charge < -0.3 is 14.2 Å². The van der Waals surface area contributed by atoms with Crippen molar-refractivity contribution in [2.45, 2.75) is 0 Å². The minimum absolute atomic E-state index is 0.258. The van der Waals surface area contributed by atoms with E-state index < -0.39 is 5.97 Å². The maximum atomic E-state index is 11.6. The van der Waals surface area contributed by atoms with Gasteiger partial charge in [0, 0.05) is 12.3 Å². The number of hydrogen-bond acceptors (Lipinski definition) is 7. The van der Waals surface area contributed by atoms with Crippen LogP contribution in [0.5, 0.6) is 17.4 Å². The molecular formula is C21H19N3O4. The van der Waals surface area contributed by atoms with E-state index in [1.807, 2.05) is 36.4 Å². The van der Waals surface area contributed by atoms with Crippen molar-refractivity contribution in [3.05, 3.63) is 78.0 Å². The summed E-state index contributed by atoms with van der Waals surface area (Å²) in [6, 6.07) is 18.1. The Bertz CT molecular complexity index is 974. The summed E-state index contributed by atoms with van der Waals surface area (Å²) >= 11 is 0. The second kappa shape index (κ2) is 9.18. The fourth-order valence-electron chi connectivity index (χ4n) is 2.37. The van der Waals surface area contributed by atoms with Gasteiger partial charge in [0.05, 0.1) is 31.7 Å². The lowest BCUT2D eigenvalue weighted by Gasteiger charge is -2.10. The molecule has 0 spiro atoms. The number of para-hydroxylation sites is 1. The Hall–Kier alpha value is -3.87. The topological polar surface area (TPSA) is 82.0 Å². The summed E-state index contributed by atoms with van der Waals surface area (Å²) in [6.07, 6.45) is 3.15. The van der Waals surface area contributed by atoms with Gasteiger partial charge in [-0.05, 0) is 42.0 Å². The molecule has 0 aliphatic rings. The molecule has 1 heterocycles. The average Bonchev–Trinajstić information content (AvgIpc) is 2.75. The zero-order valence-corrected chi connectivity index (χ0v) is 15.5. The number of methoxy groups -OCH3 is 2. The molecule has 0 saturated heterocycles. The highest BCUT2D eigenvalue weighted by molar-refractivity contribution is 5.89. The van der Waals surface area contributed by atoms with Gasteiger partial charge in [0.15, 0.2) is 11.5 Å². The molecule has 142 valence electrons. The minimum atomic E-state index is -0.461. The summed E-state index contributed by atoms with van der Waals surface area (Å²) in [7, 11) is 2.86. The predicted octanol–water partition coefficient (Wildman–Crippen LogP) is 4.12. The van der Waals surface area contributed by atoms with E-state index >= 15 is 0 Å². The fraction of sp³-hybridized carbons (Fsp3) is 0.0952. The van der Waals surface area contributed by atoms with Crippen molar-refractivity contribution in [2.24, 2.45) is 5.10 Å². The number of nitrogens with one attached hydrogen (secondary N) is 1. The zero-order valence-electron chi connectivity index (χ0n) is 15.5. The average molecular weight is 377 g/mol. The molecule has 7 nitrogen and oxygen atoms in total. The van der Waals surface area contributed by atoms with E-state index in [0.717, 1.165) is 11.3 Å². The predicted molar refractivity (Wildman–Crippen MR) is 106 cm³/mol. The third-order valence-corrected chi connectivity index (χ3v) is 3.74. The third kappa shape index (κ3) is 4.85. The Labute approximate surface area is 162 Å². The highest BCUT2D eigenvalue weighted by Gasteiger charge is 2.11. The molecule has 1 aromatic heterocycles. The quantitative estimate of drug-likeness (QED) is 0.379. The number of aromatic nitrogens is 1. The SMILES string of the molecule is COC(=O)c1ccnc(Oc2ccc(C=NNc3ccccc3)cc2OC)c1. The van der Waals surface area contributed by atoms with Crippen molar-refractivity contribution < 1.29 is 19.0 Å². The molecule has 0 amide bonds. The van der Waals surface area contributed by atoms with Gasteiger partial charge in [-0.1, -0.05) is 18.2 Å². The third-order valence-electron chi connectivity index (χ3n) is 3.74. The van der Waals surface area contributed by atoms with Crippen molar-refractivity contribution in [1.29, 1.82) is 0 Å². The molecule has 0 unspecified atom stereocenters. The summed E-state index contributed by atoms with van der Waals surface area (Å²) in [5.74, 6) is 0.768. The van der Waals surface area contributed by atoms with Crippen LogP contribution < -0.4 is 14.9 Å². The highest BCUT2D eigenvalue weighted by Crippen LogP contribution is 2.31. The normalized spacial score (nSPS) is 10.5. The second-order valence-corrected chi connectivity index (χ2v) is 5.62. The molecule has 28 heavy (non-hydrogen) atoms. The molecule has 0 aliphatic heterocycles. The number of esters is 1. The van der Waals surface area contributed by atoms with E-state index in [1.54, 1.807) is 31.5 Å². The number of hydrazone groups is 1. The number of ether oxygens (including phenoxy) is 3. The molecule has 0 saturated carbocycles. The lowest BCUT2D eigenvalue weighted by molar-refractivity contribution is 0.0600. The van der Waals surface area contributed by atoms with Gasteiger partial charge in [-0.15, -0.1) is 0 Å². The number of carbonyl (C=O) groups is 1. The lowest BCUT2D eigenvalue weighted by atomic mass is 10.2. The molecular weight excluding hydrogens is 358 g/mol. The van der Waals surface area contributed by atoms with Gasteiger partial charge in [0.1, 0.15) is 0 Å². The van der Waals surface area contributed by atoms with Gasteiger partial charge in [-0.3, -0.25) is 5.43 Å². The molecule has 7 heteroatoms. The van der Waals surface area contributed by atoms with Crippen LogP contribution in [0.3, 0.4) is 0 Å². The van der Waals surface area contributed by atoms with Crippen LogP contribution in [0.4, 0.5) is 5.69 Å². The van der Waals surface area contributed by atoms with E-state index in [1.165, 1.54) is 19.4 Å². The Kier molecular flexibility index (Phi) is 6.20. The summed E-state index contributed by atoms with van der Waals surface area (Å²) in [5.41, 5.74) is 5.01. The van der Waals surface area contributed by atoms with Crippen molar-refractivity contribution in [3.63, 3.8) is 0 Å². The van der Waals surface area contributed by atoms with Crippen LogP contribution in [0.1, 0.15) is 15.9 Å². The smallest absolute Gasteiger partial charge is 0.338 e. The van der Waals surface area contributed by atoms with Crippen molar-refractivity contribution in [3.8, 4) is 17.4 Å². The zero-order chi connectivity index (χ0) is 19.8. The lowest BCUT2D eigenvalue weighted by Crippen LogP contribution is -2.02. The Morgan fingerprint density at radius 2 is 1.86 bits per heavy atom. The van der Waals surface area contributed by atoms with Crippen LogP contribution in [0, 0.1) is 0 Å². The first kappa shape index (κ1) is 18.9. The monoisotopic (exact) mass is 377 g/mol. The van der Waals surface area contributed by atoms with Crippen molar-refractivity contribution in [1.82, 2.24) is 4.98 Å². The molecule has 0 aliphatic carbocycles. The Balaban J connectivity index is 1.73. The number of anilines is 1. The van der Waals surface area contributed by atoms with Crippen LogP contribution in [0.2, 0.25) is 0 Å². The first-order valence-electron chi connectivity index (χ1n) is 8.44. The Morgan fingerprint density at radius 1 is 1.04 bits per heavy atom. The fourth-order valence-corrected chi connectivity index (χ4v) is 2.37. The standard InChI is InChI=1S/C21H19N3O4/c1-26-19-12-15(14-23-24-17-6-4-3-5-7-17)8-9-18(19)28-20-13-16(10-11-22-20)21(25)27-2/h3-14,24H,1-2H3. The molecule has 3 rings (SSSR count). The van der Waals surface area contributed by atoms with E-state index in [-0.39, 0.29) is 5.88 Å².